The van der Waals surface area contributed by atoms with Crippen molar-refractivity contribution in [3.63, 3.8) is 0 Å². The largest absolute Gasteiger partial charge is 0.354 e. The maximum Gasteiger partial charge on any atom is 0.333 e. The van der Waals surface area contributed by atoms with Crippen LogP contribution >= 0.6 is 11.6 Å². The first-order valence-electron chi connectivity index (χ1n) is 10.9. The van der Waals surface area contributed by atoms with Crippen molar-refractivity contribution in [3.8, 4) is 0 Å². The maximum absolute atomic E-state index is 12.9. The van der Waals surface area contributed by atoms with Gasteiger partial charge in [0.05, 0.1) is 21.3 Å². The van der Waals surface area contributed by atoms with Crippen molar-refractivity contribution in [1.82, 2.24) is 4.72 Å². The average molecular weight is 520 g/mol. The molecule has 0 fully saturated rings. The van der Waals surface area contributed by atoms with E-state index >= 15 is 0 Å². The van der Waals surface area contributed by atoms with Gasteiger partial charge in [0.2, 0.25) is 0 Å². The van der Waals surface area contributed by atoms with Gasteiger partial charge in [0.25, 0.3) is 10.0 Å². The molecule has 4 aromatic carbocycles. The van der Waals surface area contributed by atoms with E-state index in [0.717, 1.165) is 5.56 Å². The Kier molecular flexibility index (Phi) is 7.38. The number of halogens is 1. The number of ketones is 1. The molecule has 0 aliphatic rings. The van der Waals surface area contributed by atoms with E-state index in [9.17, 15) is 18.0 Å². The summed E-state index contributed by atoms with van der Waals surface area (Å²) >= 11 is 6.44. The first-order valence-corrected chi connectivity index (χ1v) is 12.8. The molecular weight excluding hydrogens is 498 g/mol. The summed E-state index contributed by atoms with van der Waals surface area (Å²) in [4.78, 5) is 25.4. The average Bonchev–Trinajstić information content (AvgIpc) is 2.85. The number of benzene rings is 4. The van der Waals surface area contributed by atoms with Gasteiger partial charge in [-0.3, -0.25) is 4.79 Å². The molecule has 2 amide bonds. The van der Waals surface area contributed by atoms with Crippen LogP contribution in [0.5, 0.6) is 0 Å². The summed E-state index contributed by atoms with van der Waals surface area (Å²) in [5, 5.41) is 5.96. The van der Waals surface area contributed by atoms with E-state index in [4.69, 9.17) is 11.6 Å². The molecule has 0 aliphatic carbocycles. The molecule has 0 heterocycles. The molecule has 36 heavy (non-hydrogen) atoms. The minimum atomic E-state index is -4.03. The van der Waals surface area contributed by atoms with Crippen LogP contribution in [0.2, 0.25) is 5.02 Å². The zero-order valence-electron chi connectivity index (χ0n) is 19.2. The van der Waals surface area contributed by atoms with Crippen LogP contribution in [0.4, 0.5) is 21.9 Å². The second-order valence-electron chi connectivity index (χ2n) is 7.88. The Hall–Kier alpha value is -4.14. The third-order valence-corrected chi connectivity index (χ3v) is 7.00. The maximum atomic E-state index is 12.9. The number of carbonyl (C=O) groups is 2. The number of aryl methyl sites for hydroxylation is 1. The van der Waals surface area contributed by atoms with Crippen molar-refractivity contribution in [2.75, 3.05) is 10.6 Å². The van der Waals surface area contributed by atoms with Gasteiger partial charge in [-0.05, 0) is 55.0 Å². The fraction of sp³-hybridized carbons (Fsp3) is 0.0370. The smallest absolute Gasteiger partial charge is 0.333 e. The van der Waals surface area contributed by atoms with Crippen LogP contribution in [0.15, 0.2) is 102 Å². The molecule has 0 atom stereocenters. The monoisotopic (exact) mass is 519 g/mol. The lowest BCUT2D eigenvalue weighted by molar-refractivity contribution is 0.103. The molecule has 0 radical (unpaired) electrons. The molecule has 0 spiro atoms. The van der Waals surface area contributed by atoms with E-state index in [1.54, 1.807) is 72.8 Å². The molecule has 0 aromatic heterocycles. The third-order valence-electron chi connectivity index (χ3n) is 5.34. The number of nitrogens with one attached hydrogen (secondary N) is 3. The summed E-state index contributed by atoms with van der Waals surface area (Å²) in [6, 6.07) is 25.7. The summed E-state index contributed by atoms with van der Waals surface area (Å²) in [6.45, 7) is 1.86. The van der Waals surface area contributed by atoms with Crippen LogP contribution in [0.25, 0.3) is 0 Å². The molecule has 0 bridgehead atoms. The van der Waals surface area contributed by atoms with Crippen molar-refractivity contribution in [2.24, 2.45) is 0 Å². The number of urea groups is 1. The van der Waals surface area contributed by atoms with Gasteiger partial charge in [-0.15, -0.1) is 0 Å². The highest BCUT2D eigenvalue weighted by molar-refractivity contribution is 7.90. The second-order valence-corrected chi connectivity index (χ2v) is 9.97. The quantitative estimate of drug-likeness (QED) is 0.255. The van der Waals surface area contributed by atoms with E-state index < -0.39 is 16.1 Å². The van der Waals surface area contributed by atoms with Gasteiger partial charge < -0.3 is 10.6 Å². The van der Waals surface area contributed by atoms with E-state index in [-0.39, 0.29) is 15.7 Å². The number of rotatable bonds is 7. The first-order chi connectivity index (χ1) is 17.2. The number of hydrogen-bond donors (Lipinski definition) is 3. The number of amides is 2. The number of anilines is 3. The molecule has 0 saturated carbocycles. The predicted molar refractivity (Wildman–Crippen MR) is 142 cm³/mol. The highest BCUT2D eigenvalue weighted by atomic mass is 35.5. The van der Waals surface area contributed by atoms with Crippen LogP contribution in [-0.2, 0) is 10.0 Å². The Morgan fingerprint density at radius 1 is 0.750 bits per heavy atom. The number of hydrogen-bond acceptors (Lipinski definition) is 5. The summed E-state index contributed by atoms with van der Waals surface area (Å²) < 4.78 is 26.9. The Morgan fingerprint density at radius 2 is 1.39 bits per heavy atom. The van der Waals surface area contributed by atoms with Gasteiger partial charge >= 0.3 is 6.03 Å². The van der Waals surface area contributed by atoms with Crippen LogP contribution in [0.1, 0.15) is 21.5 Å². The molecular formula is C27H22ClN3O4S. The summed E-state index contributed by atoms with van der Waals surface area (Å²) in [5.41, 5.74) is 3.22. The van der Waals surface area contributed by atoms with E-state index in [1.807, 2.05) is 23.8 Å². The second kappa shape index (κ2) is 10.6. The molecule has 4 rings (SSSR count). The lowest BCUT2D eigenvalue weighted by Crippen LogP contribution is -2.34. The van der Waals surface area contributed by atoms with Crippen molar-refractivity contribution < 1.29 is 18.0 Å². The standard InChI is InChI=1S/C27H22ClN3O4S/c1-18-9-5-6-12-21(18)26(32)22-16-15-19(17-23(22)28)29-24-13-7-8-14-25(24)30-27(33)31-36(34,35)20-10-3-2-4-11-20/h2-17,29H,1H3,(H2,30,31,33). The highest BCUT2D eigenvalue weighted by Crippen LogP contribution is 2.29. The Labute approximate surface area is 214 Å². The fourth-order valence-corrected chi connectivity index (χ4v) is 4.73. The molecule has 0 saturated heterocycles. The zero-order chi connectivity index (χ0) is 25.7. The highest BCUT2D eigenvalue weighted by Gasteiger charge is 2.18. The topological polar surface area (TPSA) is 104 Å². The Balaban J connectivity index is 1.50. The molecule has 9 heteroatoms. The van der Waals surface area contributed by atoms with Gasteiger partial charge in [0, 0.05) is 16.8 Å². The van der Waals surface area contributed by atoms with Crippen LogP contribution in [-0.4, -0.2) is 20.2 Å². The molecule has 182 valence electrons. The van der Waals surface area contributed by atoms with Gasteiger partial charge in [0.1, 0.15) is 0 Å². The molecule has 3 N–H and O–H groups in total. The third kappa shape index (κ3) is 5.73. The van der Waals surface area contributed by atoms with Crippen molar-refractivity contribution in [1.29, 1.82) is 0 Å². The normalized spacial score (nSPS) is 10.9. The number of carbonyl (C=O) groups excluding carboxylic acids is 2. The van der Waals surface area contributed by atoms with Gasteiger partial charge in [-0.2, -0.15) is 0 Å². The SMILES string of the molecule is Cc1ccccc1C(=O)c1ccc(Nc2ccccc2NC(=O)NS(=O)(=O)c2ccccc2)cc1Cl. The molecule has 4 aromatic rings. The van der Waals surface area contributed by atoms with E-state index in [1.165, 1.54) is 12.1 Å². The van der Waals surface area contributed by atoms with Crippen molar-refractivity contribution >= 4 is 50.5 Å². The zero-order valence-corrected chi connectivity index (χ0v) is 20.7. The number of sulfonamides is 1. The number of para-hydroxylation sites is 2. The van der Waals surface area contributed by atoms with Crippen molar-refractivity contribution in [2.45, 2.75) is 11.8 Å². The van der Waals surface area contributed by atoms with E-state index in [0.29, 0.717) is 28.2 Å². The minimum absolute atomic E-state index is 0.0264. The summed E-state index contributed by atoms with van der Waals surface area (Å²) in [5.74, 6) is -0.178. The van der Waals surface area contributed by atoms with Crippen LogP contribution in [0.3, 0.4) is 0 Å². The first kappa shape index (κ1) is 25.0. The van der Waals surface area contributed by atoms with Crippen LogP contribution in [0, 0.1) is 6.92 Å². The molecule has 0 unspecified atom stereocenters. The van der Waals surface area contributed by atoms with Gasteiger partial charge in [-0.1, -0.05) is 66.2 Å². The molecule has 7 nitrogen and oxygen atoms in total. The summed E-state index contributed by atoms with van der Waals surface area (Å²) in [7, 11) is -4.03. The lowest BCUT2D eigenvalue weighted by Gasteiger charge is -2.15. The fourth-order valence-electron chi connectivity index (χ4n) is 3.53. The van der Waals surface area contributed by atoms with E-state index in [2.05, 4.69) is 10.6 Å². The summed E-state index contributed by atoms with van der Waals surface area (Å²) in [6.07, 6.45) is 0. The predicted octanol–water partition coefficient (Wildman–Crippen LogP) is 6.13. The molecule has 0 aliphatic heterocycles. The van der Waals surface area contributed by atoms with Gasteiger partial charge in [-0.25, -0.2) is 17.9 Å². The minimum Gasteiger partial charge on any atom is -0.354 e. The van der Waals surface area contributed by atoms with Crippen LogP contribution < -0.4 is 15.4 Å². The Morgan fingerprint density at radius 3 is 2.08 bits per heavy atom. The Bertz CT molecular complexity index is 1540. The van der Waals surface area contributed by atoms with Gasteiger partial charge in [0.15, 0.2) is 5.78 Å². The lowest BCUT2D eigenvalue weighted by atomic mass is 9.99. The van der Waals surface area contributed by atoms with Crippen molar-refractivity contribution in [3.05, 3.63) is 119 Å².